The topological polar surface area (TPSA) is 45.0 Å². The van der Waals surface area contributed by atoms with Gasteiger partial charge in [0.15, 0.2) is 6.23 Å². The average Bonchev–Trinajstić information content (AvgIpc) is 2.36. The zero-order valence-corrected chi connectivity index (χ0v) is 12.5. The van der Waals surface area contributed by atoms with Gasteiger partial charge in [0, 0.05) is 12.5 Å². The molecule has 1 rings (SSSR count). The maximum absolute atomic E-state index is 9.70. The zero-order valence-electron chi connectivity index (χ0n) is 12.5. The molecule has 0 saturated heterocycles. The van der Waals surface area contributed by atoms with E-state index in [1.165, 1.54) is 5.56 Å². The second-order valence-corrected chi connectivity index (χ2v) is 5.55. The van der Waals surface area contributed by atoms with Gasteiger partial charge in [-0.15, -0.1) is 0 Å². The van der Waals surface area contributed by atoms with Crippen LogP contribution in [0.15, 0.2) is 34.5 Å². The molecule has 0 amide bonds. The molecule has 1 atom stereocenters. The molecule has 0 heterocycles. The van der Waals surface area contributed by atoms with Crippen LogP contribution in [0.1, 0.15) is 32.3 Å². The van der Waals surface area contributed by atoms with Gasteiger partial charge in [-0.1, -0.05) is 25.5 Å². The van der Waals surface area contributed by atoms with Crippen LogP contribution < -0.4 is 0 Å². The largest absolute Gasteiger partial charge is 0.345 e. The van der Waals surface area contributed by atoms with Crippen LogP contribution in [0.2, 0.25) is 0 Å². The van der Waals surface area contributed by atoms with E-state index in [0.29, 0.717) is 4.48 Å². The highest BCUT2D eigenvalue weighted by Gasteiger charge is 2.21. The van der Waals surface area contributed by atoms with E-state index in [1.807, 2.05) is 33.2 Å². The summed E-state index contributed by atoms with van der Waals surface area (Å²) < 4.78 is 0.553. The van der Waals surface area contributed by atoms with Crippen LogP contribution in [0, 0.1) is 0 Å². The highest BCUT2D eigenvalue weighted by Crippen LogP contribution is 2.17. The molecule has 0 spiro atoms. The minimum absolute atomic E-state index is 0.381. The van der Waals surface area contributed by atoms with E-state index in [4.69, 9.17) is 0 Å². The van der Waals surface area contributed by atoms with E-state index in [1.54, 1.807) is 0 Å². The lowest BCUT2D eigenvalue weighted by atomic mass is 10.2. The predicted octanol–water partition coefficient (Wildman–Crippen LogP) is 3.49. The molecule has 19 heavy (non-hydrogen) atoms. The van der Waals surface area contributed by atoms with Crippen molar-refractivity contribution < 1.29 is 9.59 Å². The fourth-order valence-electron chi connectivity index (χ4n) is 1.63. The van der Waals surface area contributed by atoms with Crippen molar-refractivity contribution in [3.05, 3.63) is 29.8 Å². The van der Waals surface area contributed by atoms with Crippen LogP contribution in [0.4, 0.5) is 5.69 Å². The van der Waals surface area contributed by atoms with Crippen molar-refractivity contribution in [1.82, 2.24) is 0 Å². The van der Waals surface area contributed by atoms with Crippen molar-refractivity contribution in [1.29, 1.82) is 0 Å². The van der Waals surface area contributed by atoms with Gasteiger partial charge in [0.25, 0.3) is 0 Å². The number of azo groups is 1. The molecule has 0 aliphatic heterocycles. The summed E-state index contributed by atoms with van der Waals surface area (Å²) in [5.41, 5.74) is 2.08. The van der Waals surface area contributed by atoms with Crippen molar-refractivity contribution in [3.63, 3.8) is 0 Å². The second-order valence-electron chi connectivity index (χ2n) is 5.55. The highest BCUT2D eigenvalue weighted by atomic mass is 16.3. The number of rotatable bonds is 7. The molecule has 4 nitrogen and oxygen atoms in total. The Balaban J connectivity index is 2.59. The molecule has 106 valence electrons. The Kier molecular flexibility index (Phi) is 6.12. The van der Waals surface area contributed by atoms with E-state index in [9.17, 15) is 5.11 Å². The second kappa shape index (κ2) is 7.36. The molecule has 0 fully saturated rings. The van der Waals surface area contributed by atoms with E-state index < -0.39 is 0 Å². The summed E-state index contributed by atoms with van der Waals surface area (Å²) in [4.78, 5) is 0. The van der Waals surface area contributed by atoms with Crippen molar-refractivity contribution in [2.75, 3.05) is 20.6 Å². The predicted molar refractivity (Wildman–Crippen MR) is 78.2 cm³/mol. The molecule has 1 unspecified atom stereocenters. The number of quaternary nitrogens is 1. The fourth-order valence-corrected chi connectivity index (χ4v) is 1.63. The Labute approximate surface area is 116 Å². The minimum atomic E-state index is -0.381. The highest BCUT2D eigenvalue weighted by molar-refractivity contribution is 5.37. The van der Waals surface area contributed by atoms with Gasteiger partial charge in [-0.05, 0) is 18.6 Å². The number of hydrogen-bond donors (Lipinski definition) is 1. The molecule has 1 aromatic carbocycles. The van der Waals surface area contributed by atoms with Crippen LogP contribution in [0.3, 0.4) is 0 Å². The molecule has 0 bridgehead atoms. The maximum Gasteiger partial charge on any atom is 0.187 e. The lowest BCUT2D eigenvalue weighted by Gasteiger charge is -2.32. The van der Waals surface area contributed by atoms with Crippen molar-refractivity contribution in [2.24, 2.45) is 10.2 Å². The maximum atomic E-state index is 9.70. The van der Waals surface area contributed by atoms with Crippen LogP contribution in [-0.4, -0.2) is 36.5 Å². The third-order valence-electron chi connectivity index (χ3n) is 3.34. The smallest absolute Gasteiger partial charge is 0.187 e. The van der Waals surface area contributed by atoms with Gasteiger partial charge < -0.3 is 9.59 Å². The summed E-state index contributed by atoms with van der Waals surface area (Å²) in [6, 6.07) is 8.06. The summed E-state index contributed by atoms with van der Waals surface area (Å²) >= 11 is 0. The number of benzene rings is 1. The normalized spacial score (nSPS) is 13.9. The molecule has 0 aliphatic carbocycles. The molecule has 0 aromatic heterocycles. The van der Waals surface area contributed by atoms with Gasteiger partial charge in [-0.25, -0.2) is 0 Å². The third kappa shape index (κ3) is 5.49. The van der Waals surface area contributed by atoms with E-state index in [-0.39, 0.29) is 6.23 Å². The summed E-state index contributed by atoms with van der Waals surface area (Å²) in [6.07, 6.45) is 1.85. The Bertz CT molecular complexity index is 396. The van der Waals surface area contributed by atoms with E-state index >= 15 is 0 Å². The lowest BCUT2D eigenvalue weighted by Crippen LogP contribution is -2.46. The number of nitrogens with zero attached hydrogens (tertiary/aromatic N) is 3. The first-order chi connectivity index (χ1) is 8.95. The monoisotopic (exact) mass is 264 g/mol. The Morgan fingerprint density at radius 3 is 2.37 bits per heavy atom. The van der Waals surface area contributed by atoms with Crippen molar-refractivity contribution >= 4 is 5.69 Å². The summed E-state index contributed by atoms with van der Waals surface area (Å²) in [7, 11) is 4.03. The lowest BCUT2D eigenvalue weighted by molar-refractivity contribution is -0.946. The first kappa shape index (κ1) is 15.8. The first-order valence-electron chi connectivity index (χ1n) is 6.93. The number of unbranched alkanes of at least 4 members (excludes halogenated alkanes) is 1. The van der Waals surface area contributed by atoms with Crippen LogP contribution >= 0.6 is 0 Å². The number of hydrogen-bond acceptors (Lipinski definition) is 3. The van der Waals surface area contributed by atoms with E-state index in [0.717, 1.165) is 31.6 Å². The van der Waals surface area contributed by atoms with Crippen molar-refractivity contribution in [2.45, 2.75) is 39.5 Å². The van der Waals surface area contributed by atoms with Crippen molar-refractivity contribution in [3.8, 4) is 0 Å². The quantitative estimate of drug-likeness (QED) is 0.348. The zero-order chi connectivity index (χ0) is 14.3. The standard InChI is InChI=1S/C15H26N3O/c1-5-6-11-16-17-15-9-7-14(8-10-15)12-18(3,4)13(2)19/h7-10,13,19H,5-6,11-12H2,1-4H3/q+1. The van der Waals surface area contributed by atoms with Crippen LogP contribution in [0.25, 0.3) is 0 Å². The fraction of sp³-hybridized carbons (Fsp3) is 0.600. The van der Waals surface area contributed by atoms with Crippen LogP contribution in [-0.2, 0) is 6.54 Å². The Morgan fingerprint density at radius 1 is 1.21 bits per heavy atom. The molecular weight excluding hydrogens is 238 g/mol. The molecule has 0 aliphatic rings. The Hall–Kier alpha value is -1.26. The third-order valence-corrected chi connectivity index (χ3v) is 3.34. The summed E-state index contributed by atoms with van der Waals surface area (Å²) in [5, 5.41) is 18.0. The first-order valence-corrected chi connectivity index (χ1v) is 6.93. The van der Waals surface area contributed by atoms with Gasteiger partial charge in [-0.3, -0.25) is 0 Å². The van der Waals surface area contributed by atoms with Gasteiger partial charge in [0.1, 0.15) is 6.54 Å². The minimum Gasteiger partial charge on any atom is -0.345 e. The van der Waals surface area contributed by atoms with Gasteiger partial charge in [0.05, 0.1) is 26.3 Å². The molecule has 1 N–H and O–H groups in total. The Morgan fingerprint density at radius 2 is 1.84 bits per heavy atom. The van der Waals surface area contributed by atoms with E-state index in [2.05, 4.69) is 29.3 Å². The molecule has 0 radical (unpaired) electrons. The number of aliphatic hydroxyl groups is 1. The van der Waals surface area contributed by atoms with Gasteiger partial charge >= 0.3 is 0 Å². The molecule has 4 heteroatoms. The molecule has 1 aromatic rings. The molecule has 0 saturated carbocycles. The summed E-state index contributed by atoms with van der Waals surface area (Å²) in [6.45, 7) is 5.55. The molecular formula is C15H26N3O+. The SMILES string of the molecule is CCCCN=Nc1ccc(C[N+](C)(C)C(C)O)cc1. The summed E-state index contributed by atoms with van der Waals surface area (Å²) in [5.74, 6) is 0. The van der Waals surface area contributed by atoms with Gasteiger partial charge in [0.2, 0.25) is 0 Å². The van der Waals surface area contributed by atoms with Gasteiger partial charge in [-0.2, -0.15) is 10.2 Å². The average molecular weight is 264 g/mol. The number of aliphatic hydroxyl groups excluding tert-OH is 1. The van der Waals surface area contributed by atoms with Crippen LogP contribution in [0.5, 0.6) is 0 Å².